The maximum atomic E-state index is 11.4. The Morgan fingerprint density at radius 2 is 2.11 bits per heavy atom. The fourth-order valence-corrected chi connectivity index (χ4v) is 2.87. The Kier molecular flexibility index (Phi) is 3.35. The Labute approximate surface area is 115 Å². The lowest BCUT2D eigenvalue weighted by molar-refractivity contribution is 0.207. The third-order valence-electron chi connectivity index (χ3n) is 2.96. The maximum Gasteiger partial charge on any atom is 0.295 e. The lowest BCUT2D eigenvalue weighted by atomic mass is 10.2. The van der Waals surface area contributed by atoms with Crippen molar-refractivity contribution in [1.29, 1.82) is 0 Å². The van der Waals surface area contributed by atoms with Crippen molar-refractivity contribution in [3.8, 4) is 0 Å². The second kappa shape index (κ2) is 5.14. The van der Waals surface area contributed by atoms with Gasteiger partial charge in [0.05, 0.1) is 12.5 Å². The topological polar surface area (TPSA) is 51.0 Å². The van der Waals surface area contributed by atoms with Crippen LogP contribution in [0.1, 0.15) is 11.3 Å². The summed E-state index contributed by atoms with van der Waals surface area (Å²) in [5.74, 6) is 0.825. The van der Waals surface area contributed by atoms with Crippen LogP contribution in [-0.4, -0.2) is 25.5 Å². The van der Waals surface area contributed by atoms with E-state index < -0.39 is 0 Å². The standard InChI is InChI=1S/C13H14N4OS/c1-10-12(18)14-13-17(15-10)8-16(9-19-13)7-11-5-3-2-4-6-11/h2-6H,7-9H2,1H3. The van der Waals surface area contributed by atoms with E-state index in [1.165, 1.54) is 5.56 Å². The quantitative estimate of drug-likeness (QED) is 0.830. The first-order chi connectivity index (χ1) is 9.22. The highest BCUT2D eigenvalue weighted by molar-refractivity contribution is 7.99. The van der Waals surface area contributed by atoms with E-state index in [9.17, 15) is 4.79 Å². The monoisotopic (exact) mass is 274 g/mol. The molecule has 2 heterocycles. The van der Waals surface area contributed by atoms with E-state index in [1.807, 2.05) is 18.2 Å². The molecule has 98 valence electrons. The smallest absolute Gasteiger partial charge is 0.270 e. The molecule has 0 amide bonds. The van der Waals surface area contributed by atoms with Gasteiger partial charge in [0.15, 0.2) is 5.16 Å². The number of fused-ring (bicyclic) bond motifs is 1. The molecule has 6 heteroatoms. The Morgan fingerprint density at radius 1 is 1.32 bits per heavy atom. The van der Waals surface area contributed by atoms with Crippen LogP contribution in [0.2, 0.25) is 0 Å². The van der Waals surface area contributed by atoms with E-state index in [4.69, 9.17) is 0 Å². The highest BCUT2D eigenvalue weighted by Crippen LogP contribution is 2.22. The van der Waals surface area contributed by atoms with Gasteiger partial charge in [0.2, 0.25) is 0 Å². The van der Waals surface area contributed by atoms with Crippen molar-refractivity contribution < 1.29 is 0 Å². The fourth-order valence-electron chi connectivity index (χ4n) is 2.01. The minimum absolute atomic E-state index is 0.227. The zero-order valence-electron chi connectivity index (χ0n) is 10.6. The van der Waals surface area contributed by atoms with Crippen LogP contribution >= 0.6 is 11.8 Å². The minimum Gasteiger partial charge on any atom is -0.270 e. The lowest BCUT2D eigenvalue weighted by Crippen LogP contribution is -2.34. The lowest BCUT2D eigenvalue weighted by Gasteiger charge is -2.28. The van der Waals surface area contributed by atoms with Gasteiger partial charge in [-0.3, -0.25) is 9.69 Å². The highest BCUT2D eigenvalue weighted by Gasteiger charge is 2.18. The van der Waals surface area contributed by atoms with Gasteiger partial charge < -0.3 is 0 Å². The summed E-state index contributed by atoms with van der Waals surface area (Å²) in [5, 5.41) is 4.99. The Hall–Kier alpha value is -1.66. The van der Waals surface area contributed by atoms with Crippen LogP contribution in [0.3, 0.4) is 0 Å². The zero-order chi connectivity index (χ0) is 13.2. The average molecular weight is 274 g/mol. The molecule has 1 aliphatic rings. The maximum absolute atomic E-state index is 11.4. The number of rotatable bonds is 2. The van der Waals surface area contributed by atoms with Gasteiger partial charge in [-0.25, -0.2) is 4.68 Å². The van der Waals surface area contributed by atoms with E-state index in [-0.39, 0.29) is 5.56 Å². The Morgan fingerprint density at radius 3 is 2.89 bits per heavy atom. The van der Waals surface area contributed by atoms with Gasteiger partial charge in [0.1, 0.15) is 5.69 Å². The molecule has 1 aliphatic heterocycles. The number of thioether (sulfide) groups is 1. The minimum atomic E-state index is -0.227. The van der Waals surface area contributed by atoms with Crippen molar-refractivity contribution in [3.05, 3.63) is 51.9 Å². The molecule has 0 N–H and O–H groups in total. The first-order valence-corrected chi connectivity index (χ1v) is 7.06. The summed E-state index contributed by atoms with van der Waals surface area (Å²) in [4.78, 5) is 17.8. The van der Waals surface area contributed by atoms with Crippen molar-refractivity contribution >= 4 is 11.8 Å². The first kappa shape index (κ1) is 12.4. The van der Waals surface area contributed by atoms with Crippen molar-refractivity contribution in [2.24, 2.45) is 0 Å². The van der Waals surface area contributed by atoms with Crippen LogP contribution in [0.15, 0.2) is 40.3 Å². The number of aryl methyl sites for hydroxylation is 1. The molecule has 0 spiro atoms. The van der Waals surface area contributed by atoms with Gasteiger partial charge >= 0.3 is 0 Å². The van der Waals surface area contributed by atoms with Gasteiger partial charge in [0.25, 0.3) is 5.56 Å². The number of hydrogen-bond acceptors (Lipinski definition) is 5. The molecule has 0 radical (unpaired) electrons. The van der Waals surface area contributed by atoms with Crippen LogP contribution in [-0.2, 0) is 13.2 Å². The normalized spacial score (nSPS) is 15.2. The third-order valence-corrected chi connectivity index (χ3v) is 4.01. The van der Waals surface area contributed by atoms with Gasteiger partial charge in [-0.2, -0.15) is 10.1 Å². The molecule has 5 nitrogen and oxygen atoms in total. The van der Waals surface area contributed by atoms with E-state index in [0.29, 0.717) is 17.5 Å². The van der Waals surface area contributed by atoms with Gasteiger partial charge in [-0.05, 0) is 12.5 Å². The molecule has 0 unspecified atom stereocenters. The molecule has 19 heavy (non-hydrogen) atoms. The highest BCUT2D eigenvalue weighted by atomic mass is 32.2. The molecule has 0 saturated carbocycles. The number of aromatic nitrogens is 3. The van der Waals surface area contributed by atoms with Gasteiger partial charge in [0, 0.05) is 6.54 Å². The van der Waals surface area contributed by atoms with E-state index in [1.54, 1.807) is 23.4 Å². The first-order valence-electron chi connectivity index (χ1n) is 6.07. The van der Waals surface area contributed by atoms with Crippen LogP contribution in [0.4, 0.5) is 0 Å². The predicted molar refractivity (Wildman–Crippen MR) is 73.7 cm³/mol. The number of benzene rings is 1. The molecule has 0 fully saturated rings. The van der Waals surface area contributed by atoms with Crippen molar-refractivity contribution in [1.82, 2.24) is 19.7 Å². The number of hydrogen-bond donors (Lipinski definition) is 0. The molecule has 0 atom stereocenters. The summed E-state index contributed by atoms with van der Waals surface area (Å²) in [7, 11) is 0. The van der Waals surface area contributed by atoms with Crippen LogP contribution in [0, 0.1) is 6.92 Å². The predicted octanol–water partition coefficient (Wildman–Crippen LogP) is 1.47. The SMILES string of the molecule is Cc1nn2c(nc1=O)SCN(Cc1ccccc1)C2. The number of nitrogens with zero attached hydrogens (tertiary/aromatic N) is 4. The molecule has 1 aromatic heterocycles. The summed E-state index contributed by atoms with van der Waals surface area (Å²) in [6.07, 6.45) is 0. The Bertz CT molecular complexity index is 641. The summed E-state index contributed by atoms with van der Waals surface area (Å²) in [5.41, 5.74) is 1.50. The summed E-state index contributed by atoms with van der Waals surface area (Å²) in [6, 6.07) is 10.3. The molecule has 0 saturated heterocycles. The van der Waals surface area contributed by atoms with Crippen molar-refractivity contribution in [2.45, 2.75) is 25.3 Å². The Balaban J connectivity index is 1.79. The molecular formula is C13H14N4OS. The van der Waals surface area contributed by atoms with E-state index in [2.05, 4.69) is 27.1 Å². The average Bonchev–Trinajstić information content (AvgIpc) is 2.42. The van der Waals surface area contributed by atoms with Crippen LogP contribution in [0.25, 0.3) is 0 Å². The second-order valence-electron chi connectivity index (χ2n) is 4.51. The molecule has 3 rings (SSSR count). The summed E-state index contributed by atoms with van der Waals surface area (Å²) in [6.45, 7) is 3.24. The zero-order valence-corrected chi connectivity index (χ0v) is 11.4. The third kappa shape index (κ3) is 2.69. The largest absolute Gasteiger partial charge is 0.295 e. The van der Waals surface area contributed by atoms with E-state index in [0.717, 1.165) is 12.4 Å². The van der Waals surface area contributed by atoms with E-state index >= 15 is 0 Å². The van der Waals surface area contributed by atoms with Crippen molar-refractivity contribution in [2.75, 3.05) is 5.88 Å². The van der Waals surface area contributed by atoms with Crippen molar-refractivity contribution in [3.63, 3.8) is 0 Å². The molecule has 2 aromatic rings. The molecule has 0 aliphatic carbocycles. The molecule has 1 aromatic carbocycles. The summed E-state index contributed by atoms with van der Waals surface area (Å²) >= 11 is 1.55. The molecular weight excluding hydrogens is 260 g/mol. The van der Waals surface area contributed by atoms with Crippen LogP contribution < -0.4 is 5.56 Å². The second-order valence-corrected chi connectivity index (χ2v) is 5.43. The molecule has 0 bridgehead atoms. The van der Waals surface area contributed by atoms with Gasteiger partial charge in [-0.1, -0.05) is 42.1 Å². The van der Waals surface area contributed by atoms with Gasteiger partial charge in [-0.15, -0.1) is 0 Å². The fraction of sp³-hybridized carbons (Fsp3) is 0.308. The summed E-state index contributed by atoms with van der Waals surface area (Å²) < 4.78 is 1.80. The van der Waals surface area contributed by atoms with Crippen LogP contribution in [0.5, 0.6) is 0 Å².